The molecule has 1 amide bonds. The first kappa shape index (κ1) is 20.2. The maximum atomic E-state index is 13.1. The van der Waals surface area contributed by atoms with E-state index in [0.29, 0.717) is 57.8 Å². The van der Waals surface area contributed by atoms with Crippen molar-refractivity contribution in [2.75, 3.05) is 46.4 Å². The Kier molecular flexibility index (Phi) is 6.17. The van der Waals surface area contributed by atoms with Crippen molar-refractivity contribution in [2.45, 2.75) is 29.8 Å². The second-order valence-corrected chi connectivity index (χ2v) is 9.17. The summed E-state index contributed by atoms with van der Waals surface area (Å²) in [7, 11) is -1.62. The number of amides is 1. The smallest absolute Gasteiger partial charge is 0.243 e. The van der Waals surface area contributed by atoms with Gasteiger partial charge in [-0.3, -0.25) is 4.79 Å². The first-order valence-electron chi connectivity index (χ1n) is 9.24. The van der Waals surface area contributed by atoms with Gasteiger partial charge in [0.25, 0.3) is 0 Å². The third-order valence-corrected chi connectivity index (χ3v) is 7.33. The summed E-state index contributed by atoms with van der Waals surface area (Å²) in [4.78, 5) is 14.9. The lowest BCUT2D eigenvalue weighted by molar-refractivity contribution is -0.129. The Morgan fingerprint density at radius 1 is 1.19 bits per heavy atom. The van der Waals surface area contributed by atoms with Crippen molar-refractivity contribution in [3.63, 3.8) is 0 Å². The Morgan fingerprint density at radius 2 is 1.81 bits per heavy atom. The Labute approximate surface area is 160 Å². The fourth-order valence-corrected chi connectivity index (χ4v) is 5.03. The number of hydrogen-bond acceptors (Lipinski definition) is 6. The fraction of sp³-hybridized carbons (Fsp3) is 0.611. The van der Waals surface area contributed by atoms with Crippen molar-refractivity contribution in [3.8, 4) is 0 Å². The highest BCUT2D eigenvalue weighted by Gasteiger charge is 2.36. The molecule has 2 aliphatic rings. The van der Waals surface area contributed by atoms with Crippen LogP contribution >= 0.6 is 0 Å². The molecule has 0 atom stereocenters. The highest BCUT2D eigenvalue weighted by Crippen LogP contribution is 2.22. The van der Waals surface area contributed by atoms with Crippen molar-refractivity contribution in [2.24, 2.45) is 5.73 Å². The number of piperazine rings is 1. The van der Waals surface area contributed by atoms with Crippen LogP contribution in [0.25, 0.3) is 0 Å². The molecule has 150 valence electrons. The SMILES string of the molecule is CN1CCN(S(=O)(=O)c2ccccc2CNC(=O)C2(N)CCOCC2)CC1. The normalized spacial score (nSPS) is 21.7. The van der Waals surface area contributed by atoms with Gasteiger partial charge in [-0.15, -0.1) is 0 Å². The molecule has 0 unspecified atom stereocenters. The predicted molar refractivity (Wildman–Crippen MR) is 102 cm³/mol. The maximum Gasteiger partial charge on any atom is 0.243 e. The van der Waals surface area contributed by atoms with Crippen LogP contribution in [0.15, 0.2) is 29.2 Å². The molecule has 0 saturated carbocycles. The topological polar surface area (TPSA) is 105 Å². The summed E-state index contributed by atoms with van der Waals surface area (Å²) in [5.74, 6) is -0.266. The van der Waals surface area contributed by atoms with Crippen LogP contribution < -0.4 is 11.1 Å². The van der Waals surface area contributed by atoms with E-state index in [9.17, 15) is 13.2 Å². The number of carbonyl (C=O) groups excluding carboxylic acids is 1. The zero-order valence-corrected chi connectivity index (χ0v) is 16.5. The summed E-state index contributed by atoms with van der Waals surface area (Å²) in [5.41, 5.74) is 5.81. The van der Waals surface area contributed by atoms with Gasteiger partial charge in [-0.1, -0.05) is 18.2 Å². The van der Waals surface area contributed by atoms with E-state index >= 15 is 0 Å². The number of nitrogens with two attached hydrogens (primary N) is 1. The van der Waals surface area contributed by atoms with Gasteiger partial charge in [0, 0.05) is 45.9 Å². The van der Waals surface area contributed by atoms with Crippen LogP contribution in [0, 0.1) is 0 Å². The minimum atomic E-state index is -3.60. The van der Waals surface area contributed by atoms with Crippen LogP contribution in [-0.2, 0) is 26.1 Å². The molecule has 0 aromatic heterocycles. The zero-order valence-electron chi connectivity index (χ0n) is 15.7. The zero-order chi connectivity index (χ0) is 19.5. The van der Waals surface area contributed by atoms with Crippen LogP contribution in [0.1, 0.15) is 18.4 Å². The number of likely N-dealkylation sites (N-methyl/N-ethyl adjacent to an activating group) is 1. The van der Waals surface area contributed by atoms with Gasteiger partial charge in [0.15, 0.2) is 0 Å². The van der Waals surface area contributed by atoms with E-state index < -0.39 is 15.6 Å². The highest BCUT2D eigenvalue weighted by atomic mass is 32.2. The molecule has 0 spiro atoms. The average molecular weight is 397 g/mol. The van der Waals surface area contributed by atoms with Crippen LogP contribution in [0.2, 0.25) is 0 Å². The average Bonchev–Trinajstić information content (AvgIpc) is 2.67. The molecule has 8 nitrogen and oxygen atoms in total. The lowest BCUT2D eigenvalue weighted by Gasteiger charge is -2.32. The molecule has 3 N–H and O–H groups in total. The van der Waals surface area contributed by atoms with E-state index in [0.717, 1.165) is 0 Å². The molecule has 2 heterocycles. The second kappa shape index (κ2) is 8.24. The standard InChI is InChI=1S/C18H28N4O4S/c1-21-8-10-22(11-9-21)27(24,25)16-5-3-2-4-15(16)14-20-17(23)18(19)6-12-26-13-7-18/h2-5H,6-14,19H2,1H3,(H,20,23). The van der Waals surface area contributed by atoms with E-state index in [-0.39, 0.29) is 17.3 Å². The lowest BCUT2D eigenvalue weighted by atomic mass is 9.90. The van der Waals surface area contributed by atoms with Gasteiger partial charge in [-0.25, -0.2) is 8.42 Å². The number of nitrogens with zero attached hydrogens (tertiary/aromatic N) is 2. The molecule has 3 rings (SSSR count). The van der Waals surface area contributed by atoms with Gasteiger partial charge in [-0.2, -0.15) is 4.31 Å². The van der Waals surface area contributed by atoms with Crippen LogP contribution in [-0.4, -0.2) is 75.5 Å². The van der Waals surface area contributed by atoms with Crippen LogP contribution in [0.4, 0.5) is 0 Å². The molecule has 1 aromatic carbocycles. The molecule has 2 aliphatic heterocycles. The largest absolute Gasteiger partial charge is 0.381 e. The van der Waals surface area contributed by atoms with Crippen LogP contribution in [0.3, 0.4) is 0 Å². The summed E-state index contributed by atoms with van der Waals surface area (Å²) in [5, 5.41) is 2.82. The minimum Gasteiger partial charge on any atom is -0.381 e. The van der Waals surface area contributed by atoms with E-state index in [1.54, 1.807) is 24.3 Å². The molecule has 9 heteroatoms. The van der Waals surface area contributed by atoms with Crippen molar-refractivity contribution in [1.29, 1.82) is 0 Å². The first-order chi connectivity index (χ1) is 12.8. The monoisotopic (exact) mass is 396 g/mol. The number of hydrogen-bond donors (Lipinski definition) is 2. The van der Waals surface area contributed by atoms with Crippen LogP contribution in [0.5, 0.6) is 0 Å². The van der Waals surface area contributed by atoms with E-state index in [2.05, 4.69) is 10.2 Å². The van der Waals surface area contributed by atoms with Gasteiger partial charge in [0.1, 0.15) is 0 Å². The van der Waals surface area contributed by atoms with E-state index in [1.807, 2.05) is 7.05 Å². The number of ether oxygens (including phenoxy) is 1. The number of rotatable bonds is 5. The van der Waals surface area contributed by atoms with Gasteiger partial charge >= 0.3 is 0 Å². The molecule has 0 aliphatic carbocycles. The Morgan fingerprint density at radius 3 is 2.48 bits per heavy atom. The lowest BCUT2D eigenvalue weighted by Crippen LogP contribution is -2.56. The van der Waals surface area contributed by atoms with Crippen molar-refractivity contribution >= 4 is 15.9 Å². The molecule has 2 saturated heterocycles. The molecular formula is C18H28N4O4S. The molecule has 2 fully saturated rings. The third kappa shape index (κ3) is 4.49. The quantitative estimate of drug-likeness (QED) is 0.711. The molecule has 0 radical (unpaired) electrons. The Balaban J connectivity index is 1.73. The summed E-state index contributed by atoms with van der Waals surface area (Å²) in [6.45, 7) is 3.38. The maximum absolute atomic E-state index is 13.1. The number of benzene rings is 1. The first-order valence-corrected chi connectivity index (χ1v) is 10.7. The summed E-state index contributed by atoms with van der Waals surface area (Å²) >= 11 is 0. The van der Waals surface area contributed by atoms with Crippen molar-refractivity contribution < 1.29 is 17.9 Å². The van der Waals surface area contributed by atoms with Gasteiger partial charge < -0.3 is 20.7 Å². The van der Waals surface area contributed by atoms with Crippen molar-refractivity contribution in [3.05, 3.63) is 29.8 Å². The van der Waals surface area contributed by atoms with Gasteiger partial charge in [0.2, 0.25) is 15.9 Å². The molecule has 0 bridgehead atoms. The summed E-state index contributed by atoms with van der Waals surface area (Å²) < 4.78 is 32.9. The minimum absolute atomic E-state index is 0.127. The van der Waals surface area contributed by atoms with Gasteiger partial charge in [0.05, 0.1) is 10.4 Å². The van der Waals surface area contributed by atoms with E-state index in [1.165, 1.54) is 4.31 Å². The summed E-state index contributed by atoms with van der Waals surface area (Å²) in [6, 6.07) is 6.81. The number of nitrogens with one attached hydrogen (secondary N) is 1. The Bertz CT molecular complexity index is 769. The van der Waals surface area contributed by atoms with Crippen molar-refractivity contribution in [1.82, 2.24) is 14.5 Å². The summed E-state index contributed by atoms with van der Waals surface area (Å²) in [6.07, 6.45) is 0.917. The van der Waals surface area contributed by atoms with Gasteiger partial charge in [-0.05, 0) is 31.5 Å². The molecular weight excluding hydrogens is 368 g/mol. The molecule has 27 heavy (non-hydrogen) atoms. The fourth-order valence-electron chi connectivity index (χ4n) is 3.38. The molecule has 1 aromatic rings. The van der Waals surface area contributed by atoms with E-state index in [4.69, 9.17) is 10.5 Å². The Hall–Kier alpha value is -1.52. The third-order valence-electron chi connectivity index (χ3n) is 5.33. The predicted octanol–water partition coefficient (Wildman–Crippen LogP) is -0.253. The highest BCUT2D eigenvalue weighted by molar-refractivity contribution is 7.89. The second-order valence-electron chi connectivity index (χ2n) is 7.27. The number of sulfonamides is 1. The number of carbonyl (C=O) groups is 1.